The smallest absolute Gasteiger partial charge is 0.318 e. The highest BCUT2D eigenvalue weighted by Crippen LogP contribution is 2.40. The third kappa shape index (κ3) is 6.30. The number of carbonyl (C=O) groups is 1. The lowest BCUT2D eigenvalue weighted by Crippen LogP contribution is -2.49. The molecule has 0 spiro atoms. The first-order chi connectivity index (χ1) is 24.4. The Morgan fingerprint density at radius 2 is 1.78 bits per heavy atom. The molecule has 4 aromatic rings. The zero-order valence-corrected chi connectivity index (χ0v) is 29.7. The molecule has 0 radical (unpaired) electrons. The first kappa shape index (κ1) is 33.0. The number of halogens is 1. The summed E-state index contributed by atoms with van der Waals surface area (Å²) in [6.45, 7) is 11.0. The van der Waals surface area contributed by atoms with Crippen molar-refractivity contribution in [1.82, 2.24) is 29.9 Å². The summed E-state index contributed by atoms with van der Waals surface area (Å²) in [5.74, 6) is 2.09. The minimum absolute atomic E-state index is 0.0667. The third-order valence-electron chi connectivity index (χ3n) is 11.2. The van der Waals surface area contributed by atoms with Crippen LogP contribution in [0.5, 0.6) is 6.01 Å². The zero-order chi connectivity index (χ0) is 34.2. The van der Waals surface area contributed by atoms with Crippen molar-refractivity contribution in [3.8, 4) is 6.01 Å². The van der Waals surface area contributed by atoms with Gasteiger partial charge < -0.3 is 24.0 Å². The highest BCUT2D eigenvalue weighted by Gasteiger charge is 2.45. The number of carbonyl (C=O) groups excluding carboxylic acids is 1. The molecule has 2 aromatic carbocycles. The lowest BCUT2D eigenvalue weighted by molar-refractivity contribution is -0.126. The molecule has 50 heavy (non-hydrogen) atoms. The topological polar surface area (TPSA) is 104 Å². The Balaban J connectivity index is 1.02. The fraction of sp³-hybridized carbons (Fsp3) is 0.500. The maximum atomic E-state index is 13.2. The monoisotopic (exact) mass is 696 g/mol. The van der Waals surface area contributed by atoms with Crippen LogP contribution in [0.15, 0.2) is 47.0 Å². The second kappa shape index (κ2) is 13.8. The molecule has 1 atom stereocenters. The summed E-state index contributed by atoms with van der Waals surface area (Å²) in [4.78, 5) is 36.9. The van der Waals surface area contributed by atoms with Gasteiger partial charge in [-0.15, -0.1) is 0 Å². The molecule has 1 unspecified atom stereocenters. The second-order valence-electron chi connectivity index (χ2n) is 14.2. The van der Waals surface area contributed by atoms with Gasteiger partial charge in [-0.3, -0.25) is 9.69 Å². The van der Waals surface area contributed by atoms with Gasteiger partial charge in [-0.1, -0.05) is 54.9 Å². The molecular formula is C38H45ClN8O3. The average Bonchev–Trinajstić information content (AvgIpc) is 3.89. The number of rotatable bonds is 9. The summed E-state index contributed by atoms with van der Waals surface area (Å²) < 4.78 is 11.9. The van der Waals surface area contributed by atoms with Crippen molar-refractivity contribution in [2.24, 2.45) is 0 Å². The van der Waals surface area contributed by atoms with Crippen molar-refractivity contribution in [2.45, 2.75) is 70.4 Å². The second-order valence-corrected chi connectivity index (χ2v) is 14.6. The first-order valence-corrected chi connectivity index (χ1v) is 18.5. The van der Waals surface area contributed by atoms with E-state index in [0.717, 1.165) is 83.9 Å². The molecule has 3 saturated heterocycles. The summed E-state index contributed by atoms with van der Waals surface area (Å²) >= 11 is 6.76. The van der Waals surface area contributed by atoms with Crippen LogP contribution in [0.2, 0.25) is 5.02 Å². The van der Waals surface area contributed by atoms with E-state index in [1.165, 1.54) is 18.9 Å². The highest BCUT2D eigenvalue weighted by atomic mass is 35.5. The van der Waals surface area contributed by atoms with Gasteiger partial charge in [0.25, 0.3) is 5.89 Å². The van der Waals surface area contributed by atoms with E-state index < -0.39 is 0 Å². The van der Waals surface area contributed by atoms with E-state index in [2.05, 4.69) is 63.0 Å². The van der Waals surface area contributed by atoms with Gasteiger partial charge in [0.15, 0.2) is 5.82 Å². The molecule has 6 heterocycles. The quantitative estimate of drug-likeness (QED) is 0.190. The number of fused-ring (bicyclic) bond motifs is 3. The molecule has 4 aliphatic rings. The Morgan fingerprint density at radius 1 is 1.00 bits per heavy atom. The van der Waals surface area contributed by atoms with E-state index in [-0.39, 0.29) is 17.4 Å². The third-order valence-corrected chi connectivity index (χ3v) is 11.6. The zero-order valence-electron chi connectivity index (χ0n) is 29.0. The van der Waals surface area contributed by atoms with Crippen LogP contribution in [0.25, 0.3) is 16.8 Å². The minimum atomic E-state index is -0.0667. The normalized spacial score (nSPS) is 19.7. The van der Waals surface area contributed by atoms with Crippen molar-refractivity contribution in [2.75, 3.05) is 62.2 Å². The highest BCUT2D eigenvalue weighted by molar-refractivity contribution is 6.36. The lowest BCUT2D eigenvalue weighted by atomic mass is 9.95. The fourth-order valence-corrected chi connectivity index (χ4v) is 8.48. The molecule has 0 aliphatic carbocycles. The van der Waals surface area contributed by atoms with Crippen LogP contribution in [-0.4, -0.2) is 93.8 Å². The molecule has 1 amide bonds. The maximum absolute atomic E-state index is 13.2. The molecule has 0 saturated carbocycles. The molecule has 12 heteroatoms. The van der Waals surface area contributed by atoms with Gasteiger partial charge in [-0.05, 0) is 69.1 Å². The van der Waals surface area contributed by atoms with Crippen LogP contribution < -0.4 is 14.5 Å². The first-order valence-electron chi connectivity index (χ1n) is 18.2. The van der Waals surface area contributed by atoms with Gasteiger partial charge in [0.2, 0.25) is 5.91 Å². The van der Waals surface area contributed by atoms with Crippen LogP contribution in [0.3, 0.4) is 0 Å². The van der Waals surface area contributed by atoms with Gasteiger partial charge >= 0.3 is 6.01 Å². The Morgan fingerprint density at radius 3 is 2.56 bits per heavy atom. The van der Waals surface area contributed by atoms with Crippen molar-refractivity contribution in [1.29, 1.82) is 0 Å². The van der Waals surface area contributed by atoms with Crippen molar-refractivity contribution in [3.63, 3.8) is 0 Å². The Bertz CT molecular complexity index is 1890. The SMILES string of the molecule is CCC(C)c1noc(/C=C/C(=O)N2CCN(c3nc(OCC45CCCN4CCC5)nc4c3CCN(c3cccc5cccc(Cl)c35)C4)CC2)n1. The van der Waals surface area contributed by atoms with E-state index in [9.17, 15) is 4.79 Å². The summed E-state index contributed by atoms with van der Waals surface area (Å²) in [5, 5.41) is 7.00. The predicted octanol–water partition coefficient (Wildman–Crippen LogP) is 6.11. The van der Waals surface area contributed by atoms with Gasteiger partial charge in [-0.25, -0.2) is 0 Å². The average molecular weight is 697 g/mol. The van der Waals surface area contributed by atoms with Crippen LogP contribution >= 0.6 is 11.6 Å². The maximum Gasteiger partial charge on any atom is 0.318 e. The Labute approximate surface area is 298 Å². The molecule has 3 fully saturated rings. The Hall–Kier alpha value is -4.22. The van der Waals surface area contributed by atoms with Crippen LogP contribution in [0.1, 0.15) is 74.8 Å². The number of benzene rings is 2. The Kier molecular flexibility index (Phi) is 9.11. The molecule has 11 nitrogen and oxygen atoms in total. The number of ether oxygens (including phenoxy) is 1. The minimum Gasteiger partial charge on any atom is -0.461 e. The molecular weight excluding hydrogens is 652 g/mol. The molecule has 4 aliphatic heterocycles. The standard InChI is InChI=1S/C38H45ClN8O3/c1-3-26(2)35-41-32(50-43-35)12-13-33(48)44-20-22-45(23-21-44)36-28-14-19-46(31-11-5-9-27-8-4-10-29(39)34(27)31)24-30(28)40-37(42-36)49-25-38-15-6-17-47(38)18-7-16-38/h4-5,8-13,26H,3,6-7,14-25H2,1-2H3/b13-12+. The van der Waals surface area contributed by atoms with E-state index in [4.69, 9.17) is 30.8 Å². The molecule has 262 valence electrons. The number of hydrogen-bond donors (Lipinski definition) is 0. The number of piperazine rings is 1. The molecule has 0 bridgehead atoms. The lowest BCUT2D eigenvalue weighted by Gasteiger charge is -2.38. The summed E-state index contributed by atoms with van der Waals surface area (Å²) in [6, 6.07) is 12.9. The van der Waals surface area contributed by atoms with Crippen LogP contribution in [-0.2, 0) is 17.8 Å². The number of aromatic nitrogens is 4. The van der Waals surface area contributed by atoms with Crippen molar-refractivity contribution in [3.05, 3.63) is 70.5 Å². The number of nitrogens with zero attached hydrogens (tertiary/aromatic N) is 8. The van der Waals surface area contributed by atoms with Crippen LogP contribution in [0, 0.1) is 0 Å². The number of anilines is 2. The van der Waals surface area contributed by atoms with E-state index in [1.54, 1.807) is 6.08 Å². The molecule has 8 rings (SSSR count). The largest absolute Gasteiger partial charge is 0.461 e. The molecule has 0 N–H and O–H groups in total. The predicted molar refractivity (Wildman–Crippen MR) is 195 cm³/mol. The fourth-order valence-electron chi connectivity index (χ4n) is 8.20. The van der Waals surface area contributed by atoms with E-state index in [1.807, 2.05) is 17.0 Å². The van der Waals surface area contributed by atoms with Crippen molar-refractivity contribution >= 4 is 45.9 Å². The van der Waals surface area contributed by atoms with E-state index >= 15 is 0 Å². The molecule has 2 aromatic heterocycles. The summed E-state index contributed by atoms with van der Waals surface area (Å²) in [5.41, 5.74) is 3.37. The van der Waals surface area contributed by atoms with Gasteiger partial charge in [0.05, 0.1) is 22.8 Å². The van der Waals surface area contributed by atoms with Crippen LogP contribution in [0.4, 0.5) is 11.5 Å². The summed E-state index contributed by atoms with van der Waals surface area (Å²) in [7, 11) is 0. The van der Waals surface area contributed by atoms with Crippen molar-refractivity contribution < 1.29 is 14.1 Å². The number of amides is 1. The number of hydrogen-bond acceptors (Lipinski definition) is 10. The van der Waals surface area contributed by atoms with E-state index in [0.29, 0.717) is 57.1 Å². The van der Waals surface area contributed by atoms with Gasteiger partial charge in [-0.2, -0.15) is 15.0 Å². The van der Waals surface area contributed by atoms with Gasteiger partial charge in [0.1, 0.15) is 12.4 Å². The van der Waals surface area contributed by atoms with Gasteiger partial charge in [0, 0.05) is 67.4 Å². The summed E-state index contributed by atoms with van der Waals surface area (Å²) in [6.07, 6.45) is 9.63.